The van der Waals surface area contributed by atoms with Gasteiger partial charge in [0.25, 0.3) is 5.91 Å². The summed E-state index contributed by atoms with van der Waals surface area (Å²) in [6.07, 6.45) is 0.704. The number of aryl methyl sites for hydroxylation is 1. The topological polar surface area (TPSA) is 29.1 Å². The van der Waals surface area contributed by atoms with Gasteiger partial charge in [0, 0.05) is 11.6 Å². The van der Waals surface area contributed by atoms with Crippen molar-refractivity contribution in [1.29, 1.82) is 0 Å². The second-order valence-corrected chi connectivity index (χ2v) is 5.06. The zero-order valence-corrected chi connectivity index (χ0v) is 11.9. The van der Waals surface area contributed by atoms with Gasteiger partial charge < -0.3 is 5.32 Å². The lowest BCUT2D eigenvalue weighted by molar-refractivity contribution is 0.0950. The summed E-state index contributed by atoms with van der Waals surface area (Å²) in [7, 11) is 0. The highest BCUT2D eigenvalue weighted by atomic mass is 35.5. The normalized spacial score (nSPS) is 10.3. The van der Waals surface area contributed by atoms with Gasteiger partial charge in [-0.05, 0) is 37.1 Å². The number of nitrogens with one attached hydrogen (secondary N) is 1. The Morgan fingerprint density at radius 1 is 1.25 bits per heavy atom. The molecule has 0 unspecified atom stereocenters. The second kappa shape index (κ2) is 6.53. The summed E-state index contributed by atoms with van der Waals surface area (Å²) >= 11 is 5.76. The fourth-order valence-corrected chi connectivity index (χ4v) is 2.13. The third kappa shape index (κ3) is 3.81. The Balaban J connectivity index is 1.94. The maximum absolute atomic E-state index is 13.5. The standard InChI is InChI=1S/C16H15ClFNO/c1-11-3-2-4-12(9-11)7-8-19-16(20)14-10-13(17)5-6-15(14)18/h2-6,9-10H,7-8H2,1H3,(H,19,20). The van der Waals surface area contributed by atoms with E-state index >= 15 is 0 Å². The third-order valence-electron chi connectivity index (χ3n) is 2.95. The molecule has 1 N–H and O–H groups in total. The van der Waals surface area contributed by atoms with E-state index in [0.717, 1.165) is 5.56 Å². The molecule has 0 saturated carbocycles. The first-order valence-electron chi connectivity index (χ1n) is 6.35. The molecule has 0 bridgehead atoms. The van der Waals surface area contributed by atoms with Crippen molar-refractivity contribution in [2.75, 3.05) is 6.54 Å². The molecule has 2 rings (SSSR count). The van der Waals surface area contributed by atoms with E-state index in [1.807, 2.05) is 25.1 Å². The van der Waals surface area contributed by atoms with Crippen molar-refractivity contribution in [3.8, 4) is 0 Å². The molecular formula is C16H15ClFNO. The van der Waals surface area contributed by atoms with E-state index in [1.54, 1.807) is 0 Å². The number of hydrogen-bond donors (Lipinski definition) is 1. The van der Waals surface area contributed by atoms with E-state index < -0.39 is 11.7 Å². The highest BCUT2D eigenvalue weighted by Crippen LogP contribution is 2.14. The lowest BCUT2D eigenvalue weighted by Gasteiger charge is -2.07. The fraction of sp³-hybridized carbons (Fsp3) is 0.188. The molecular weight excluding hydrogens is 277 g/mol. The molecule has 0 saturated heterocycles. The van der Waals surface area contributed by atoms with Crippen LogP contribution in [0.1, 0.15) is 21.5 Å². The van der Waals surface area contributed by atoms with Crippen LogP contribution in [0.5, 0.6) is 0 Å². The van der Waals surface area contributed by atoms with Gasteiger partial charge in [-0.3, -0.25) is 4.79 Å². The molecule has 104 valence electrons. The Hall–Kier alpha value is -1.87. The van der Waals surface area contributed by atoms with Gasteiger partial charge in [-0.1, -0.05) is 41.4 Å². The largest absolute Gasteiger partial charge is 0.352 e. The van der Waals surface area contributed by atoms with Crippen LogP contribution in [-0.4, -0.2) is 12.5 Å². The van der Waals surface area contributed by atoms with Crippen LogP contribution in [0.3, 0.4) is 0 Å². The number of rotatable bonds is 4. The first-order valence-corrected chi connectivity index (χ1v) is 6.73. The van der Waals surface area contributed by atoms with Crippen molar-refractivity contribution >= 4 is 17.5 Å². The summed E-state index contributed by atoms with van der Waals surface area (Å²) in [6.45, 7) is 2.47. The molecule has 2 aromatic carbocycles. The lowest BCUT2D eigenvalue weighted by atomic mass is 10.1. The van der Waals surface area contributed by atoms with Crippen LogP contribution in [0.2, 0.25) is 5.02 Å². The number of hydrogen-bond acceptors (Lipinski definition) is 1. The molecule has 20 heavy (non-hydrogen) atoms. The van der Waals surface area contributed by atoms with Crippen LogP contribution in [0.15, 0.2) is 42.5 Å². The Morgan fingerprint density at radius 3 is 2.80 bits per heavy atom. The zero-order valence-electron chi connectivity index (χ0n) is 11.1. The first kappa shape index (κ1) is 14.5. The predicted molar refractivity (Wildman–Crippen MR) is 78.6 cm³/mol. The lowest BCUT2D eigenvalue weighted by Crippen LogP contribution is -2.26. The van der Waals surface area contributed by atoms with E-state index in [-0.39, 0.29) is 5.56 Å². The van der Waals surface area contributed by atoms with Gasteiger partial charge in [0.15, 0.2) is 0 Å². The minimum absolute atomic E-state index is 0.0262. The van der Waals surface area contributed by atoms with Gasteiger partial charge in [0.05, 0.1) is 5.56 Å². The Morgan fingerprint density at radius 2 is 2.05 bits per heavy atom. The molecule has 0 aromatic heterocycles. The maximum Gasteiger partial charge on any atom is 0.254 e. The van der Waals surface area contributed by atoms with Crippen molar-refractivity contribution in [3.05, 3.63) is 70.0 Å². The number of carbonyl (C=O) groups is 1. The van der Waals surface area contributed by atoms with Crippen LogP contribution in [0.25, 0.3) is 0 Å². The van der Waals surface area contributed by atoms with Crippen molar-refractivity contribution in [2.45, 2.75) is 13.3 Å². The summed E-state index contributed by atoms with van der Waals surface area (Å²) in [5.41, 5.74) is 2.29. The maximum atomic E-state index is 13.5. The van der Waals surface area contributed by atoms with Crippen LogP contribution in [0.4, 0.5) is 4.39 Å². The van der Waals surface area contributed by atoms with Crippen molar-refractivity contribution in [3.63, 3.8) is 0 Å². The van der Waals surface area contributed by atoms with Gasteiger partial charge in [0.1, 0.15) is 5.82 Å². The number of halogens is 2. The molecule has 2 aromatic rings. The van der Waals surface area contributed by atoms with Crippen LogP contribution in [0, 0.1) is 12.7 Å². The van der Waals surface area contributed by atoms with Gasteiger partial charge in [-0.25, -0.2) is 4.39 Å². The van der Waals surface area contributed by atoms with Crippen LogP contribution in [-0.2, 0) is 6.42 Å². The summed E-state index contributed by atoms with van der Waals surface area (Å²) in [6, 6.07) is 12.0. The number of carbonyl (C=O) groups excluding carboxylic acids is 1. The van der Waals surface area contributed by atoms with Crippen molar-refractivity contribution < 1.29 is 9.18 Å². The second-order valence-electron chi connectivity index (χ2n) is 4.62. The molecule has 0 aliphatic carbocycles. The van der Waals surface area contributed by atoms with Gasteiger partial charge in [-0.2, -0.15) is 0 Å². The van der Waals surface area contributed by atoms with E-state index in [9.17, 15) is 9.18 Å². The van der Waals surface area contributed by atoms with E-state index in [1.165, 1.54) is 23.8 Å². The van der Waals surface area contributed by atoms with E-state index in [2.05, 4.69) is 11.4 Å². The number of benzene rings is 2. The van der Waals surface area contributed by atoms with E-state index in [0.29, 0.717) is 18.0 Å². The zero-order chi connectivity index (χ0) is 14.5. The molecule has 0 fully saturated rings. The summed E-state index contributed by atoms with van der Waals surface area (Å²) in [5.74, 6) is -1.01. The summed E-state index contributed by atoms with van der Waals surface area (Å²) < 4.78 is 13.5. The quantitative estimate of drug-likeness (QED) is 0.913. The highest BCUT2D eigenvalue weighted by Gasteiger charge is 2.11. The molecule has 0 heterocycles. The van der Waals surface area contributed by atoms with E-state index in [4.69, 9.17) is 11.6 Å². The van der Waals surface area contributed by atoms with Gasteiger partial charge in [0.2, 0.25) is 0 Å². The number of amides is 1. The molecule has 0 aliphatic rings. The molecule has 0 radical (unpaired) electrons. The minimum Gasteiger partial charge on any atom is -0.352 e. The average molecular weight is 292 g/mol. The summed E-state index contributed by atoms with van der Waals surface area (Å²) in [5, 5.41) is 3.04. The summed E-state index contributed by atoms with van der Waals surface area (Å²) in [4.78, 5) is 11.9. The average Bonchev–Trinajstić information content (AvgIpc) is 2.41. The third-order valence-corrected chi connectivity index (χ3v) is 3.19. The Labute approximate surface area is 122 Å². The van der Waals surface area contributed by atoms with Crippen molar-refractivity contribution in [2.24, 2.45) is 0 Å². The van der Waals surface area contributed by atoms with Gasteiger partial charge >= 0.3 is 0 Å². The predicted octanol–water partition coefficient (Wildman–Crippen LogP) is 3.76. The Bertz CT molecular complexity index is 628. The molecule has 4 heteroatoms. The molecule has 2 nitrogen and oxygen atoms in total. The molecule has 0 spiro atoms. The molecule has 0 aliphatic heterocycles. The highest BCUT2D eigenvalue weighted by molar-refractivity contribution is 6.30. The first-order chi connectivity index (χ1) is 9.56. The smallest absolute Gasteiger partial charge is 0.254 e. The fourth-order valence-electron chi connectivity index (χ4n) is 1.95. The van der Waals surface area contributed by atoms with Crippen LogP contribution >= 0.6 is 11.6 Å². The molecule has 0 atom stereocenters. The Kier molecular flexibility index (Phi) is 4.74. The van der Waals surface area contributed by atoms with Crippen molar-refractivity contribution in [1.82, 2.24) is 5.32 Å². The monoisotopic (exact) mass is 291 g/mol. The minimum atomic E-state index is -0.567. The SMILES string of the molecule is Cc1cccc(CCNC(=O)c2cc(Cl)ccc2F)c1. The van der Waals surface area contributed by atoms with Crippen LogP contribution < -0.4 is 5.32 Å². The van der Waals surface area contributed by atoms with Gasteiger partial charge in [-0.15, -0.1) is 0 Å². The molecule has 1 amide bonds.